The number of halogens is 1. The van der Waals surface area contributed by atoms with Crippen LogP contribution in [-0.4, -0.2) is 29.7 Å². The molecule has 0 unspecified atom stereocenters. The number of aliphatic hydroxyl groups is 1. The van der Waals surface area contributed by atoms with Crippen LogP contribution in [0.15, 0.2) is 42.0 Å². The van der Waals surface area contributed by atoms with E-state index in [1.54, 1.807) is 0 Å². The van der Waals surface area contributed by atoms with E-state index in [4.69, 9.17) is 5.11 Å². The summed E-state index contributed by atoms with van der Waals surface area (Å²) in [5, 5.41) is 8.20. The van der Waals surface area contributed by atoms with Gasteiger partial charge in [0.1, 0.15) is 0 Å². The summed E-state index contributed by atoms with van der Waals surface area (Å²) < 4.78 is 0. The van der Waals surface area contributed by atoms with E-state index in [1.807, 2.05) is 6.92 Å². The number of allylic oxidation sites excluding steroid dienone is 2. The van der Waals surface area contributed by atoms with Gasteiger partial charge in [-0.05, 0) is 45.8 Å². The molecule has 0 fully saturated rings. The SMILES string of the molecule is CC=C(C)C.CCCCCO.CCN(CC)Cc1ccccc1.Cl. The Balaban J connectivity index is -0.000000313. The third kappa shape index (κ3) is 21.2. The fraction of sp³-hybridized carbons (Fsp3) is 0.619. The molecule has 0 aliphatic rings. The molecule has 0 aliphatic carbocycles. The molecular formula is C21H40ClNO. The van der Waals surface area contributed by atoms with Crippen molar-refractivity contribution in [3.05, 3.63) is 47.5 Å². The van der Waals surface area contributed by atoms with Crippen molar-refractivity contribution < 1.29 is 5.11 Å². The van der Waals surface area contributed by atoms with Crippen LogP contribution >= 0.6 is 12.4 Å². The van der Waals surface area contributed by atoms with E-state index in [1.165, 1.54) is 17.6 Å². The Labute approximate surface area is 157 Å². The van der Waals surface area contributed by atoms with E-state index in [0.717, 1.165) is 32.5 Å². The summed E-state index contributed by atoms with van der Waals surface area (Å²) in [6.45, 7) is 16.4. The number of nitrogens with zero attached hydrogens (tertiary/aromatic N) is 1. The maximum atomic E-state index is 8.20. The average Bonchev–Trinajstić information content (AvgIpc) is 2.59. The highest BCUT2D eigenvalue weighted by atomic mass is 35.5. The zero-order valence-electron chi connectivity index (χ0n) is 16.7. The molecular weight excluding hydrogens is 318 g/mol. The van der Waals surface area contributed by atoms with Crippen molar-refractivity contribution in [1.29, 1.82) is 0 Å². The van der Waals surface area contributed by atoms with Gasteiger partial charge in [0.25, 0.3) is 0 Å². The molecule has 0 bridgehead atoms. The molecule has 0 aliphatic heterocycles. The standard InChI is InChI=1S/C11H17N.C5H12O.C5H10.ClH/c1-3-12(4-2)10-11-8-6-5-7-9-11;1-2-3-4-5-6;1-4-5(2)3;/h5-9H,3-4,10H2,1-2H3;6H,2-5H2,1H3;4H,1-3H3;1H. The summed E-state index contributed by atoms with van der Waals surface area (Å²) in [6.07, 6.45) is 5.41. The van der Waals surface area contributed by atoms with Gasteiger partial charge in [0, 0.05) is 13.2 Å². The minimum Gasteiger partial charge on any atom is -0.396 e. The van der Waals surface area contributed by atoms with Gasteiger partial charge < -0.3 is 5.11 Å². The largest absolute Gasteiger partial charge is 0.396 e. The highest BCUT2D eigenvalue weighted by Crippen LogP contribution is 2.02. The lowest BCUT2D eigenvalue weighted by molar-refractivity contribution is 0.284. The van der Waals surface area contributed by atoms with Crippen molar-refractivity contribution in [2.45, 2.75) is 67.3 Å². The third-order valence-corrected chi connectivity index (χ3v) is 3.48. The first-order valence-electron chi connectivity index (χ1n) is 9.02. The van der Waals surface area contributed by atoms with Gasteiger partial charge in [-0.2, -0.15) is 0 Å². The third-order valence-electron chi connectivity index (χ3n) is 3.48. The van der Waals surface area contributed by atoms with E-state index >= 15 is 0 Å². The van der Waals surface area contributed by atoms with Crippen LogP contribution in [0.2, 0.25) is 0 Å². The van der Waals surface area contributed by atoms with Gasteiger partial charge in [0.05, 0.1) is 0 Å². The predicted molar refractivity (Wildman–Crippen MR) is 112 cm³/mol. The number of benzene rings is 1. The predicted octanol–water partition coefficient (Wildman–Crippen LogP) is 6.09. The summed E-state index contributed by atoms with van der Waals surface area (Å²) in [6, 6.07) is 10.6. The van der Waals surface area contributed by atoms with Gasteiger partial charge in [0.2, 0.25) is 0 Å². The molecule has 0 aromatic heterocycles. The molecule has 1 rings (SSSR count). The van der Waals surface area contributed by atoms with Crippen LogP contribution in [0.4, 0.5) is 0 Å². The molecule has 0 amide bonds. The lowest BCUT2D eigenvalue weighted by Gasteiger charge is -2.17. The molecule has 3 heteroatoms. The van der Waals surface area contributed by atoms with Crippen LogP contribution in [0.5, 0.6) is 0 Å². The van der Waals surface area contributed by atoms with Crippen molar-refractivity contribution in [3.63, 3.8) is 0 Å². The molecule has 1 aromatic carbocycles. The van der Waals surface area contributed by atoms with E-state index < -0.39 is 0 Å². The molecule has 0 atom stereocenters. The lowest BCUT2D eigenvalue weighted by atomic mass is 10.2. The summed E-state index contributed by atoms with van der Waals surface area (Å²) in [5.74, 6) is 0. The van der Waals surface area contributed by atoms with Crippen LogP contribution in [0.25, 0.3) is 0 Å². The monoisotopic (exact) mass is 357 g/mol. The van der Waals surface area contributed by atoms with Gasteiger partial charge in [-0.15, -0.1) is 12.4 Å². The Morgan fingerprint density at radius 3 is 1.79 bits per heavy atom. The Hall–Kier alpha value is -0.830. The quantitative estimate of drug-likeness (QED) is 0.471. The molecule has 1 aromatic rings. The average molecular weight is 358 g/mol. The van der Waals surface area contributed by atoms with Crippen molar-refractivity contribution in [2.75, 3.05) is 19.7 Å². The Morgan fingerprint density at radius 2 is 1.50 bits per heavy atom. The summed E-state index contributed by atoms with van der Waals surface area (Å²) in [7, 11) is 0. The molecule has 0 radical (unpaired) electrons. The fourth-order valence-electron chi connectivity index (χ4n) is 1.65. The van der Waals surface area contributed by atoms with E-state index in [0.29, 0.717) is 6.61 Å². The highest BCUT2D eigenvalue weighted by molar-refractivity contribution is 5.85. The van der Waals surface area contributed by atoms with Crippen molar-refractivity contribution in [3.8, 4) is 0 Å². The Bertz CT molecular complexity index is 353. The molecule has 1 N–H and O–H groups in total. The zero-order chi connectivity index (χ0) is 17.9. The second-order valence-electron chi connectivity index (χ2n) is 5.74. The summed E-state index contributed by atoms with van der Waals surface area (Å²) in [5.41, 5.74) is 2.78. The molecule has 0 saturated carbocycles. The Kier molecular flexibility index (Phi) is 25.9. The zero-order valence-corrected chi connectivity index (χ0v) is 17.5. The summed E-state index contributed by atoms with van der Waals surface area (Å²) >= 11 is 0. The second-order valence-corrected chi connectivity index (χ2v) is 5.74. The number of rotatable bonds is 7. The van der Waals surface area contributed by atoms with E-state index in [9.17, 15) is 0 Å². The van der Waals surface area contributed by atoms with Gasteiger partial charge in [-0.3, -0.25) is 4.90 Å². The number of hydrogen-bond donors (Lipinski definition) is 1. The van der Waals surface area contributed by atoms with Crippen LogP contribution in [0.1, 0.15) is 66.4 Å². The van der Waals surface area contributed by atoms with Crippen LogP contribution < -0.4 is 0 Å². The fourth-order valence-corrected chi connectivity index (χ4v) is 1.65. The van der Waals surface area contributed by atoms with Crippen LogP contribution in [0.3, 0.4) is 0 Å². The second kappa shape index (κ2) is 22.2. The van der Waals surface area contributed by atoms with Crippen LogP contribution in [-0.2, 0) is 6.54 Å². The molecule has 0 heterocycles. The normalized spacial score (nSPS) is 9.00. The van der Waals surface area contributed by atoms with Gasteiger partial charge in [-0.25, -0.2) is 0 Å². The molecule has 2 nitrogen and oxygen atoms in total. The first-order chi connectivity index (χ1) is 11.0. The highest BCUT2D eigenvalue weighted by Gasteiger charge is 1.98. The maximum Gasteiger partial charge on any atom is 0.0431 e. The molecule has 0 spiro atoms. The number of hydrogen-bond acceptors (Lipinski definition) is 2. The number of aliphatic hydroxyl groups excluding tert-OH is 1. The Morgan fingerprint density at radius 1 is 1.00 bits per heavy atom. The smallest absolute Gasteiger partial charge is 0.0431 e. The number of unbranched alkanes of at least 4 members (excludes halogenated alkanes) is 2. The van der Waals surface area contributed by atoms with Gasteiger partial charge in [-0.1, -0.05) is 75.6 Å². The first kappa shape index (κ1) is 28.0. The first-order valence-corrected chi connectivity index (χ1v) is 9.02. The lowest BCUT2D eigenvalue weighted by Crippen LogP contribution is -2.21. The molecule has 142 valence electrons. The molecule has 24 heavy (non-hydrogen) atoms. The van der Waals surface area contributed by atoms with Gasteiger partial charge >= 0.3 is 0 Å². The van der Waals surface area contributed by atoms with E-state index in [2.05, 4.69) is 75.9 Å². The van der Waals surface area contributed by atoms with Crippen LogP contribution in [0, 0.1) is 0 Å². The van der Waals surface area contributed by atoms with Crippen molar-refractivity contribution in [2.24, 2.45) is 0 Å². The topological polar surface area (TPSA) is 23.5 Å². The molecule has 0 saturated heterocycles. The maximum absolute atomic E-state index is 8.20. The van der Waals surface area contributed by atoms with Gasteiger partial charge in [0.15, 0.2) is 0 Å². The van der Waals surface area contributed by atoms with Crippen molar-refractivity contribution in [1.82, 2.24) is 4.90 Å². The minimum absolute atomic E-state index is 0. The van der Waals surface area contributed by atoms with E-state index in [-0.39, 0.29) is 12.4 Å². The van der Waals surface area contributed by atoms with Crippen molar-refractivity contribution >= 4 is 12.4 Å². The summed E-state index contributed by atoms with van der Waals surface area (Å²) in [4.78, 5) is 2.41. The minimum atomic E-state index is 0.